The van der Waals surface area contributed by atoms with Crippen LogP contribution in [0.1, 0.15) is 22.6 Å². The van der Waals surface area contributed by atoms with Crippen molar-refractivity contribution in [2.75, 3.05) is 20.3 Å². The van der Waals surface area contributed by atoms with Gasteiger partial charge in [0.1, 0.15) is 17.5 Å². The number of carbonyl (C=O) groups is 1. The van der Waals surface area contributed by atoms with Crippen molar-refractivity contribution in [1.29, 1.82) is 0 Å². The van der Waals surface area contributed by atoms with Crippen LogP contribution in [-0.2, 0) is 16.1 Å². The molecule has 0 unspecified atom stereocenters. The number of hydrogen-bond acceptors (Lipinski definition) is 6. The van der Waals surface area contributed by atoms with Gasteiger partial charge in [-0.05, 0) is 24.6 Å². The van der Waals surface area contributed by atoms with E-state index in [0.29, 0.717) is 37.7 Å². The molecular formula is C18H21N3O4. The molecule has 3 heterocycles. The van der Waals surface area contributed by atoms with Gasteiger partial charge in [0.05, 0.1) is 32.1 Å². The highest BCUT2D eigenvalue weighted by molar-refractivity contribution is 5.92. The first-order valence-corrected chi connectivity index (χ1v) is 8.16. The van der Waals surface area contributed by atoms with Crippen LogP contribution in [-0.4, -0.2) is 48.3 Å². The summed E-state index contributed by atoms with van der Waals surface area (Å²) in [7, 11) is 1.55. The number of carbonyl (C=O) groups excluding carboxylic acids is 1. The number of amides is 1. The van der Waals surface area contributed by atoms with E-state index in [0.717, 1.165) is 5.69 Å². The van der Waals surface area contributed by atoms with Crippen LogP contribution in [0.25, 0.3) is 0 Å². The molecule has 1 aliphatic heterocycles. The average molecular weight is 343 g/mol. The Hall–Kier alpha value is -2.51. The Kier molecular flexibility index (Phi) is 5.92. The fourth-order valence-electron chi connectivity index (χ4n) is 2.62. The van der Waals surface area contributed by atoms with Gasteiger partial charge in [0.25, 0.3) is 5.91 Å². The number of hydrogen-bond donors (Lipinski definition) is 1. The van der Waals surface area contributed by atoms with Crippen LogP contribution in [0.3, 0.4) is 0 Å². The second kappa shape index (κ2) is 8.55. The first kappa shape index (κ1) is 17.3. The first-order valence-electron chi connectivity index (χ1n) is 8.16. The summed E-state index contributed by atoms with van der Waals surface area (Å²) >= 11 is 0. The van der Waals surface area contributed by atoms with Crippen LogP contribution < -0.4 is 10.1 Å². The maximum atomic E-state index is 12.5. The Bertz CT molecular complexity index is 696. The predicted molar refractivity (Wildman–Crippen MR) is 90.3 cm³/mol. The first-order chi connectivity index (χ1) is 12.3. The smallest absolute Gasteiger partial charge is 0.270 e. The van der Waals surface area contributed by atoms with Crippen molar-refractivity contribution in [3.63, 3.8) is 0 Å². The van der Waals surface area contributed by atoms with Gasteiger partial charge in [0.2, 0.25) is 0 Å². The summed E-state index contributed by atoms with van der Waals surface area (Å²) in [5.74, 6) is 0.340. The van der Waals surface area contributed by atoms with Gasteiger partial charge in [-0.3, -0.25) is 14.8 Å². The fraction of sp³-hybridized carbons (Fsp3) is 0.389. The molecule has 2 aromatic rings. The molecular weight excluding hydrogens is 322 g/mol. The molecule has 132 valence electrons. The second-order valence-corrected chi connectivity index (χ2v) is 5.69. The normalized spacial score (nSPS) is 20.0. The van der Waals surface area contributed by atoms with E-state index in [1.54, 1.807) is 31.6 Å². The van der Waals surface area contributed by atoms with E-state index in [1.807, 2.05) is 18.2 Å². The standard InChI is InChI=1S/C18H21N3O4/c1-23-14-5-8-20-16(10-14)18(22)21-15-6-9-24-12-17(15)25-11-13-4-2-3-7-19-13/h2-5,7-8,10,15,17H,6,9,11-12H2,1H3,(H,21,22)/t15-,17-/m1/s1. The van der Waals surface area contributed by atoms with Gasteiger partial charge >= 0.3 is 0 Å². The molecule has 1 saturated heterocycles. The lowest BCUT2D eigenvalue weighted by molar-refractivity contribution is -0.0743. The molecule has 2 aromatic heterocycles. The third-order valence-corrected chi connectivity index (χ3v) is 3.99. The summed E-state index contributed by atoms with van der Waals surface area (Å²) in [4.78, 5) is 20.8. The maximum Gasteiger partial charge on any atom is 0.270 e. The van der Waals surface area contributed by atoms with E-state index in [-0.39, 0.29) is 18.1 Å². The van der Waals surface area contributed by atoms with Crippen molar-refractivity contribution in [1.82, 2.24) is 15.3 Å². The lowest BCUT2D eigenvalue weighted by Gasteiger charge is -2.32. The minimum atomic E-state index is -0.253. The molecule has 0 saturated carbocycles. The Balaban J connectivity index is 1.61. The van der Waals surface area contributed by atoms with Gasteiger partial charge in [0, 0.05) is 25.1 Å². The number of ether oxygens (including phenoxy) is 3. The van der Waals surface area contributed by atoms with Crippen molar-refractivity contribution in [3.8, 4) is 5.75 Å². The Morgan fingerprint density at radius 3 is 3.04 bits per heavy atom. The van der Waals surface area contributed by atoms with Crippen LogP contribution in [0.15, 0.2) is 42.7 Å². The Labute approximate surface area is 146 Å². The molecule has 0 bridgehead atoms. The topological polar surface area (TPSA) is 82.6 Å². The molecule has 7 nitrogen and oxygen atoms in total. The number of rotatable bonds is 6. The van der Waals surface area contributed by atoms with Gasteiger partial charge in [-0.1, -0.05) is 6.07 Å². The predicted octanol–water partition coefficient (Wildman–Crippen LogP) is 1.59. The number of nitrogens with one attached hydrogen (secondary N) is 1. The molecule has 1 fully saturated rings. The molecule has 1 N–H and O–H groups in total. The van der Waals surface area contributed by atoms with Crippen molar-refractivity contribution in [2.24, 2.45) is 0 Å². The van der Waals surface area contributed by atoms with Crippen molar-refractivity contribution in [3.05, 3.63) is 54.1 Å². The SMILES string of the molecule is COc1ccnc(C(=O)N[C@@H]2CCOC[C@H]2OCc2ccccn2)c1. The summed E-state index contributed by atoms with van der Waals surface area (Å²) in [5.41, 5.74) is 1.15. The number of nitrogens with zero attached hydrogens (tertiary/aromatic N) is 2. The zero-order chi connectivity index (χ0) is 17.5. The van der Waals surface area contributed by atoms with Crippen LogP contribution in [0, 0.1) is 0 Å². The highest BCUT2D eigenvalue weighted by Crippen LogP contribution is 2.15. The van der Waals surface area contributed by atoms with Gasteiger partial charge in [-0.15, -0.1) is 0 Å². The van der Waals surface area contributed by atoms with E-state index in [2.05, 4.69) is 15.3 Å². The monoisotopic (exact) mass is 343 g/mol. The summed E-state index contributed by atoms with van der Waals surface area (Å²) in [6.07, 6.45) is 3.73. The Morgan fingerprint density at radius 2 is 2.24 bits per heavy atom. The highest BCUT2D eigenvalue weighted by atomic mass is 16.5. The van der Waals surface area contributed by atoms with Crippen molar-refractivity contribution < 1.29 is 19.0 Å². The summed E-state index contributed by atoms with van der Waals surface area (Å²) in [6, 6.07) is 8.84. The van der Waals surface area contributed by atoms with Gasteiger partial charge < -0.3 is 19.5 Å². The van der Waals surface area contributed by atoms with Crippen LogP contribution >= 0.6 is 0 Å². The van der Waals surface area contributed by atoms with Crippen LogP contribution in [0.4, 0.5) is 0 Å². The van der Waals surface area contributed by atoms with Gasteiger partial charge in [-0.2, -0.15) is 0 Å². The number of aromatic nitrogens is 2. The molecule has 2 atom stereocenters. The summed E-state index contributed by atoms with van der Waals surface area (Å²) in [5, 5.41) is 2.99. The lowest BCUT2D eigenvalue weighted by atomic mass is 10.1. The zero-order valence-electron chi connectivity index (χ0n) is 14.1. The summed E-state index contributed by atoms with van der Waals surface area (Å²) < 4.78 is 16.5. The minimum absolute atomic E-state index is 0.141. The zero-order valence-corrected chi connectivity index (χ0v) is 14.1. The molecule has 3 rings (SSSR count). The van der Waals surface area contributed by atoms with Gasteiger partial charge in [0.15, 0.2) is 0 Å². The molecule has 0 aromatic carbocycles. The van der Waals surface area contributed by atoms with E-state index in [4.69, 9.17) is 14.2 Å². The van der Waals surface area contributed by atoms with Crippen LogP contribution in [0.5, 0.6) is 5.75 Å². The molecule has 0 aliphatic carbocycles. The van der Waals surface area contributed by atoms with Crippen LogP contribution in [0.2, 0.25) is 0 Å². The second-order valence-electron chi connectivity index (χ2n) is 5.69. The van der Waals surface area contributed by atoms with E-state index >= 15 is 0 Å². The van der Waals surface area contributed by atoms with Crippen molar-refractivity contribution in [2.45, 2.75) is 25.2 Å². The van der Waals surface area contributed by atoms with Gasteiger partial charge in [-0.25, -0.2) is 0 Å². The maximum absolute atomic E-state index is 12.5. The third kappa shape index (κ3) is 4.74. The molecule has 25 heavy (non-hydrogen) atoms. The number of methoxy groups -OCH3 is 1. The fourth-order valence-corrected chi connectivity index (χ4v) is 2.62. The average Bonchev–Trinajstić information content (AvgIpc) is 2.68. The molecule has 1 aliphatic rings. The molecule has 0 spiro atoms. The van der Waals surface area contributed by atoms with E-state index < -0.39 is 0 Å². The number of pyridine rings is 2. The summed E-state index contributed by atoms with van der Waals surface area (Å²) in [6.45, 7) is 1.39. The molecule has 7 heteroatoms. The van der Waals surface area contributed by atoms with Crippen molar-refractivity contribution >= 4 is 5.91 Å². The quantitative estimate of drug-likeness (QED) is 0.858. The largest absolute Gasteiger partial charge is 0.497 e. The lowest BCUT2D eigenvalue weighted by Crippen LogP contribution is -2.50. The molecule has 0 radical (unpaired) electrons. The minimum Gasteiger partial charge on any atom is -0.497 e. The Morgan fingerprint density at radius 1 is 1.32 bits per heavy atom. The van der Waals surface area contributed by atoms with E-state index in [9.17, 15) is 4.79 Å². The third-order valence-electron chi connectivity index (χ3n) is 3.99. The van der Waals surface area contributed by atoms with E-state index in [1.165, 1.54) is 0 Å². The highest BCUT2D eigenvalue weighted by Gasteiger charge is 2.28. The molecule has 1 amide bonds.